The van der Waals surface area contributed by atoms with Crippen molar-refractivity contribution >= 4 is 12.0 Å². The molecular weight excluding hydrogens is 308 g/mol. The van der Waals surface area contributed by atoms with Crippen molar-refractivity contribution in [2.75, 3.05) is 13.2 Å². The normalized spacial score (nSPS) is 17.1. The first-order valence-corrected chi connectivity index (χ1v) is 8.25. The number of amides is 2. The van der Waals surface area contributed by atoms with E-state index < -0.39 is 12.0 Å². The Hall–Kier alpha value is -2.50. The van der Waals surface area contributed by atoms with Gasteiger partial charge in [-0.15, -0.1) is 0 Å². The van der Waals surface area contributed by atoms with Gasteiger partial charge in [-0.05, 0) is 37.5 Å². The monoisotopic (exact) mass is 332 g/mol. The lowest BCUT2D eigenvalue weighted by Crippen LogP contribution is -2.45. The van der Waals surface area contributed by atoms with Crippen LogP contribution < -0.4 is 15.4 Å². The molecule has 2 N–H and O–H groups in total. The van der Waals surface area contributed by atoms with Gasteiger partial charge in [0.25, 0.3) is 0 Å². The van der Waals surface area contributed by atoms with Crippen LogP contribution in [-0.2, 0) is 9.53 Å². The lowest BCUT2D eigenvalue weighted by molar-refractivity contribution is -0.139. The summed E-state index contributed by atoms with van der Waals surface area (Å²) < 4.78 is 10.8. The molecule has 0 saturated carbocycles. The standard InChI is InChI=1S/C18H24N2O4/c1-4-10-23-14-8-6-13(7-9-14)16-15(17(21)24-11-5-2)12(3)19-18(22)20-16/h6-9,16H,4-5,10-11H2,1-3H3,(H2,19,20,22)/t16-/m1/s1. The minimum Gasteiger partial charge on any atom is -0.494 e. The summed E-state index contributed by atoms with van der Waals surface area (Å²) in [6.07, 6.45) is 1.67. The molecule has 1 aliphatic rings. The van der Waals surface area contributed by atoms with Crippen molar-refractivity contribution in [1.82, 2.24) is 10.6 Å². The second-order valence-electron chi connectivity index (χ2n) is 5.62. The van der Waals surface area contributed by atoms with E-state index in [0.29, 0.717) is 24.5 Å². The Labute approximate surface area is 142 Å². The number of allylic oxidation sites excluding steroid dienone is 1. The molecule has 1 aromatic rings. The van der Waals surface area contributed by atoms with E-state index in [9.17, 15) is 9.59 Å². The smallest absolute Gasteiger partial charge is 0.338 e. The molecule has 2 amide bonds. The third-order valence-electron chi connectivity index (χ3n) is 3.61. The van der Waals surface area contributed by atoms with E-state index in [1.807, 2.05) is 38.1 Å². The minimum absolute atomic E-state index is 0.337. The fourth-order valence-corrected chi connectivity index (χ4v) is 2.46. The molecule has 1 heterocycles. The summed E-state index contributed by atoms with van der Waals surface area (Å²) in [5.74, 6) is 0.342. The van der Waals surface area contributed by atoms with Crippen molar-refractivity contribution < 1.29 is 19.1 Å². The highest BCUT2D eigenvalue weighted by Gasteiger charge is 2.32. The highest BCUT2D eigenvalue weighted by molar-refractivity contribution is 5.95. The predicted molar refractivity (Wildman–Crippen MR) is 90.6 cm³/mol. The maximum Gasteiger partial charge on any atom is 0.338 e. The SMILES string of the molecule is CCCOC(=O)C1=C(C)NC(=O)N[C@@H]1c1ccc(OCCC)cc1. The zero-order valence-corrected chi connectivity index (χ0v) is 14.3. The van der Waals surface area contributed by atoms with Crippen LogP contribution in [0.3, 0.4) is 0 Å². The average Bonchev–Trinajstić information content (AvgIpc) is 2.57. The molecule has 0 bridgehead atoms. The number of ether oxygens (including phenoxy) is 2. The fourth-order valence-electron chi connectivity index (χ4n) is 2.46. The first-order chi connectivity index (χ1) is 11.6. The molecule has 6 nitrogen and oxygen atoms in total. The van der Waals surface area contributed by atoms with Gasteiger partial charge in [0.1, 0.15) is 5.75 Å². The summed E-state index contributed by atoms with van der Waals surface area (Å²) in [6, 6.07) is 6.50. The lowest BCUT2D eigenvalue weighted by atomic mass is 9.95. The van der Waals surface area contributed by atoms with E-state index in [1.54, 1.807) is 6.92 Å². The van der Waals surface area contributed by atoms with Gasteiger partial charge < -0.3 is 20.1 Å². The van der Waals surface area contributed by atoms with Crippen LogP contribution in [0.5, 0.6) is 5.75 Å². The average molecular weight is 332 g/mol. The van der Waals surface area contributed by atoms with Gasteiger partial charge in [-0.1, -0.05) is 26.0 Å². The quantitative estimate of drug-likeness (QED) is 0.752. The highest BCUT2D eigenvalue weighted by Crippen LogP contribution is 2.28. The number of hydrogen-bond donors (Lipinski definition) is 2. The van der Waals surface area contributed by atoms with Gasteiger partial charge in [-0.25, -0.2) is 9.59 Å². The molecule has 1 atom stereocenters. The molecule has 0 fully saturated rings. The topological polar surface area (TPSA) is 76.7 Å². The Morgan fingerprint density at radius 3 is 2.42 bits per heavy atom. The summed E-state index contributed by atoms with van der Waals surface area (Å²) in [6.45, 7) is 6.67. The van der Waals surface area contributed by atoms with Crippen molar-refractivity contribution in [3.05, 3.63) is 41.1 Å². The van der Waals surface area contributed by atoms with Crippen molar-refractivity contribution in [2.45, 2.75) is 39.7 Å². The third kappa shape index (κ3) is 4.28. The summed E-state index contributed by atoms with van der Waals surface area (Å²) in [5, 5.41) is 5.41. The second-order valence-corrected chi connectivity index (χ2v) is 5.62. The van der Waals surface area contributed by atoms with Crippen molar-refractivity contribution in [2.24, 2.45) is 0 Å². The molecule has 6 heteroatoms. The zero-order valence-electron chi connectivity index (χ0n) is 14.3. The van der Waals surface area contributed by atoms with Gasteiger partial charge in [-0.3, -0.25) is 0 Å². The van der Waals surface area contributed by atoms with Gasteiger partial charge in [0.2, 0.25) is 0 Å². The molecule has 0 aromatic heterocycles. The van der Waals surface area contributed by atoms with Crippen LogP contribution in [0, 0.1) is 0 Å². The Bertz CT molecular complexity index is 622. The Kier molecular flexibility index (Phi) is 6.23. The molecule has 0 aliphatic carbocycles. The fraction of sp³-hybridized carbons (Fsp3) is 0.444. The van der Waals surface area contributed by atoms with Crippen molar-refractivity contribution in [3.8, 4) is 5.75 Å². The predicted octanol–water partition coefficient (Wildman–Crippen LogP) is 3.06. The summed E-state index contributed by atoms with van der Waals surface area (Å²) in [7, 11) is 0. The molecule has 0 unspecified atom stereocenters. The van der Waals surface area contributed by atoms with E-state index >= 15 is 0 Å². The van der Waals surface area contributed by atoms with Crippen LogP contribution in [0.25, 0.3) is 0 Å². The summed E-state index contributed by atoms with van der Waals surface area (Å²) in [4.78, 5) is 24.2. The van der Waals surface area contributed by atoms with E-state index in [0.717, 1.165) is 24.2 Å². The Balaban J connectivity index is 2.25. The van der Waals surface area contributed by atoms with E-state index in [4.69, 9.17) is 9.47 Å². The minimum atomic E-state index is -0.539. The number of esters is 1. The number of urea groups is 1. The first-order valence-electron chi connectivity index (χ1n) is 8.25. The molecule has 0 radical (unpaired) electrons. The van der Waals surface area contributed by atoms with Gasteiger partial charge in [-0.2, -0.15) is 0 Å². The van der Waals surface area contributed by atoms with Crippen LogP contribution in [-0.4, -0.2) is 25.2 Å². The van der Waals surface area contributed by atoms with Crippen molar-refractivity contribution in [1.29, 1.82) is 0 Å². The van der Waals surface area contributed by atoms with E-state index in [-0.39, 0.29) is 6.03 Å². The van der Waals surface area contributed by atoms with Gasteiger partial charge in [0, 0.05) is 5.70 Å². The number of benzene rings is 1. The molecule has 24 heavy (non-hydrogen) atoms. The largest absolute Gasteiger partial charge is 0.494 e. The Morgan fingerprint density at radius 1 is 1.12 bits per heavy atom. The second kappa shape index (κ2) is 8.38. The molecule has 130 valence electrons. The Morgan fingerprint density at radius 2 is 1.79 bits per heavy atom. The number of carbonyl (C=O) groups excluding carboxylic acids is 2. The van der Waals surface area contributed by atoms with Gasteiger partial charge in [0.15, 0.2) is 0 Å². The molecule has 2 rings (SSSR count). The van der Waals surface area contributed by atoms with Gasteiger partial charge >= 0.3 is 12.0 Å². The van der Waals surface area contributed by atoms with Crippen LogP contribution in [0.1, 0.15) is 45.2 Å². The molecule has 1 aromatic carbocycles. The lowest BCUT2D eigenvalue weighted by Gasteiger charge is -2.28. The maximum atomic E-state index is 12.4. The summed E-state index contributed by atoms with van der Waals surface area (Å²) >= 11 is 0. The third-order valence-corrected chi connectivity index (χ3v) is 3.61. The number of carbonyl (C=O) groups is 2. The van der Waals surface area contributed by atoms with E-state index in [1.165, 1.54) is 0 Å². The van der Waals surface area contributed by atoms with Crippen LogP contribution in [0.4, 0.5) is 4.79 Å². The van der Waals surface area contributed by atoms with Crippen molar-refractivity contribution in [3.63, 3.8) is 0 Å². The van der Waals surface area contributed by atoms with Crippen LogP contribution in [0.15, 0.2) is 35.5 Å². The van der Waals surface area contributed by atoms with E-state index in [2.05, 4.69) is 10.6 Å². The van der Waals surface area contributed by atoms with Crippen LogP contribution >= 0.6 is 0 Å². The zero-order chi connectivity index (χ0) is 17.5. The van der Waals surface area contributed by atoms with Gasteiger partial charge in [0.05, 0.1) is 24.8 Å². The summed E-state index contributed by atoms with van der Waals surface area (Å²) in [5.41, 5.74) is 1.73. The number of hydrogen-bond acceptors (Lipinski definition) is 4. The molecule has 0 spiro atoms. The maximum absolute atomic E-state index is 12.4. The molecule has 1 aliphatic heterocycles. The number of rotatable bonds is 7. The van der Waals surface area contributed by atoms with Crippen LogP contribution in [0.2, 0.25) is 0 Å². The first kappa shape index (κ1) is 17.8. The highest BCUT2D eigenvalue weighted by atomic mass is 16.5. The molecule has 0 saturated heterocycles. The number of nitrogens with one attached hydrogen (secondary N) is 2. The molecular formula is C18H24N2O4.